The van der Waals surface area contributed by atoms with E-state index in [9.17, 15) is 18.4 Å². The van der Waals surface area contributed by atoms with Gasteiger partial charge in [0.15, 0.2) is 11.6 Å². The van der Waals surface area contributed by atoms with Crippen LogP contribution in [-0.4, -0.2) is 11.9 Å². The van der Waals surface area contributed by atoms with Gasteiger partial charge in [-0.1, -0.05) is 11.6 Å². The molecule has 0 spiro atoms. The predicted octanol–water partition coefficient (Wildman–Crippen LogP) is 3.36. The molecule has 0 saturated carbocycles. The van der Waals surface area contributed by atoms with Gasteiger partial charge in [0.1, 0.15) is 0 Å². The van der Waals surface area contributed by atoms with Crippen LogP contribution in [0.4, 0.5) is 25.0 Å². The first-order valence-electron chi connectivity index (χ1n) is 5.99. The molecule has 0 aliphatic heterocycles. The number of primary amides is 1. The summed E-state index contributed by atoms with van der Waals surface area (Å²) in [5, 5.41) is 4.62. The lowest BCUT2D eigenvalue weighted by Gasteiger charge is -2.08. The summed E-state index contributed by atoms with van der Waals surface area (Å²) < 4.78 is 26.1. The summed E-state index contributed by atoms with van der Waals surface area (Å²) in [6, 6.07) is 6.74. The number of carbonyl (C=O) groups excluding carboxylic acids is 2. The zero-order valence-corrected chi connectivity index (χ0v) is 11.7. The number of anilines is 2. The Morgan fingerprint density at radius 3 is 2.00 bits per heavy atom. The summed E-state index contributed by atoms with van der Waals surface area (Å²) in [5.74, 6) is -3.00. The highest BCUT2D eigenvalue weighted by molar-refractivity contribution is 6.34. The van der Waals surface area contributed by atoms with Crippen LogP contribution in [0.15, 0.2) is 36.4 Å². The zero-order valence-electron chi connectivity index (χ0n) is 11.0. The fourth-order valence-electron chi connectivity index (χ4n) is 1.67. The molecular formula is C14H10ClF2N3O2. The number of urea groups is 1. The molecule has 0 saturated heterocycles. The number of hydrogen-bond acceptors (Lipinski definition) is 2. The van der Waals surface area contributed by atoms with E-state index in [0.717, 1.165) is 12.1 Å². The minimum atomic E-state index is -1.17. The van der Waals surface area contributed by atoms with Gasteiger partial charge in [-0.15, -0.1) is 0 Å². The minimum Gasteiger partial charge on any atom is -0.351 e. The maximum Gasteiger partial charge on any atom is 0.316 e. The van der Waals surface area contributed by atoms with Crippen molar-refractivity contribution in [1.29, 1.82) is 0 Å². The van der Waals surface area contributed by atoms with Crippen molar-refractivity contribution in [2.45, 2.75) is 0 Å². The third-order valence-electron chi connectivity index (χ3n) is 2.66. The first-order valence-corrected chi connectivity index (χ1v) is 6.37. The molecule has 5 nitrogen and oxygen atoms in total. The highest BCUT2D eigenvalue weighted by Crippen LogP contribution is 2.22. The molecule has 0 aliphatic carbocycles. The molecule has 0 aliphatic rings. The van der Waals surface area contributed by atoms with Gasteiger partial charge >= 0.3 is 6.03 Å². The van der Waals surface area contributed by atoms with E-state index >= 15 is 0 Å². The number of hydrogen-bond donors (Lipinski definition) is 3. The molecule has 2 aromatic carbocycles. The van der Waals surface area contributed by atoms with Gasteiger partial charge in [0.05, 0.1) is 10.6 Å². The molecule has 114 valence electrons. The van der Waals surface area contributed by atoms with Gasteiger partial charge in [-0.25, -0.2) is 13.6 Å². The topological polar surface area (TPSA) is 84.2 Å². The number of carbonyl (C=O) groups is 2. The summed E-state index contributed by atoms with van der Waals surface area (Å²) >= 11 is 5.72. The van der Waals surface area contributed by atoms with Crippen molar-refractivity contribution in [2.24, 2.45) is 5.73 Å². The van der Waals surface area contributed by atoms with Gasteiger partial charge in [-0.05, 0) is 36.4 Å². The van der Waals surface area contributed by atoms with E-state index in [4.69, 9.17) is 17.3 Å². The zero-order chi connectivity index (χ0) is 16.3. The van der Waals surface area contributed by atoms with E-state index in [1.807, 2.05) is 0 Å². The standard InChI is InChI=1S/C14H10ClF2N3O2/c15-10-6-12(17)11(16)5-9(10)13(21)19-7-1-3-8(4-2-7)20-14(18)22/h1-6H,(H,19,21)(H3,18,20,22). The molecule has 0 atom stereocenters. The molecule has 3 amide bonds. The second-order valence-corrected chi connectivity index (χ2v) is 4.67. The van der Waals surface area contributed by atoms with E-state index in [-0.39, 0.29) is 10.6 Å². The molecule has 0 fully saturated rings. The van der Waals surface area contributed by atoms with Crippen LogP contribution in [0.25, 0.3) is 0 Å². The molecule has 4 N–H and O–H groups in total. The monoisotopic (exact) mass is 325 g/mol. The average Bonchev–Trinajstić information content (AvgIpc) is 2.44. The molecule has 0 heterocycles. The molecule has 0 bridgehead atoms. The van der Waals surface area contributed by atoms with Gasteiger partial charge in [0.25, 0.3) is 5.91 Å². The second-order valence-electron chi connectivity index (χ2n) is 4.27. The minimum absolute atomic E-state index is 0.195. The lowest BCUT2D eigenvalue weighted by Crippen LogP contribution is -2.19. The van der Waals surface area contributed by atoms with Gasteiger partial charge in [0, 0.05) is 11.4 Å². The first-order chi connectivity index (χ1) is 10.4. The molecule has 0 aromatic heterocycles. The maximum atomic E-state index is 13.2. The fraction of sp³-hybridized carbons (Fsp3) is 0. The Kier molecular flexibility index (Phi) is 4.57. The van der Waals surface area contributed by atoms with Crippen molar-refractivity contribution in [3.05, 3.63) is 58.6 Å². The van der Waals surface area contributed by atoms with Crippen molar-refractivity contribution in [1.82, 2.24) is 0 Å². The Hall–Kier alpha value is -2.67. The van der Waals surface area contributed by atoms with Crippen molar-refractivity contribution < 1.29 is 18.4 Å². The summed E-state index contributed by atoms with van der Waals surface area (Å²) in [4.78, 5) is 22.7. The lowest BCUT2D eigenvalue weighted by molar-refractivity contribution is 0.102. The molecule has 0 unspecified atom stereocenters. The maximum absolute atomic E-state index is 13.2. The molecule has 2 aromatic rings. The number of nitrogens with two attached hydrogens (primary N) is 1. The van der Waals surface area contributed by atoms with Crippen LogP contribution in [0.2, 0.25) is 5.02 Å². The van der Waals surface area contributed by atoms with Crippen LogP contribution >= 0.6 is 11.6 Å². The van der Waals surface area contributed by atoms with Crippen molar-refractivity contribution in [2.75, 3.05) is 10.6 Å². The smallest absolute Gasteiger partial charge is 0.316 e. The summed E-state index contributed by atoms with van der Waals surface area (Å²) in [6.45, 7) is 0. The highest BCUT2D eigenvalue weighted by atomic mass is 35.5. The Bertz CT molecular complexity index is 736. The molecule has 8 heteroatoms. The number of halogens is 3. The van der Waals surface area contributed by atoms with Gasteiger partial charge in [-0.3, -0.25) is 4.79 Å². The van der Waals surface area contributed by atoms with Crippen LogP contribution in [-0.2, 0) is 0 Å². The number of nitrogens with one attached hydrogen (secondary N) is 2. The van der Waals surface area contributed by atoms with Crippen LogP contribution < -0.4 is 16.4 Å². The van der Waals surface area contributed by atoms with Crippen LogP contribution in [0, 0.1) is 11.6 Å². The average molecular weight is 326 g/mol. The van der Waals surface area contributed by atoms with E-state index in [1.54, 1.807) is 0 Å². The van der Waals surface area contributed by atoms with Crippen LogP contribution in [0.3, 0.4) is 0 Å². The summed E-state index contributed by atoms with van der Waals surface area (Å²) in [6.07, 6.45) is 0. The quantitative estimate of drug-likeness (QED) is 0.756. The number of benzene rings is 2. The second kappa shape index (κ2) is 6.40. The van der Waals surface area contributed by atoms with Crippen molar-refractivity contribution >= 4 is 34.9 Å². The van der Waals surface area contributed by atoms with Gasteiger partial charge < -0.3 is 16.4 Å². The van der Waals surface area contributed by atoms with E-state index in [0.29, 0.717) is 11.4 Å². The molecule has 2 rings (SSSR count). The number of amides is 3. The van der Waals surface area contributed by atoms with E-state index in [2.05, 4.69) is 10.6 Å². The summed E-state index contributed by atoms with van der Waals surface area (Å²) in [7, 11) is 0. The number of rotatable bonds is 3. The Morgan fingerprint density at radius 2 is 1.45 bits per heavy atom. The first kappa shape index (κ1) is 15.7. The fourth-order valence-corrected chi connectivity index (χ4v) is 1.91. The third-order valence-corrected chi connectivity index (χ3v) is 2.98. The van der Waals surface area contributed by atoms with Crippen molar-refractivity contribution in [3.8, 4) is 0 Å². The molecule has 22 heavy (non-hydrogen) atoms. The SMILES string of the molecule is NC(=O)Nc1ccc(NC(=O)c2cc(F)c(F)cc2Cl)cc1. The van der Waals surface area contributed by atoms with Crippen molar-refractivity contribution in [3.63, 3.8) is 0 Å². The van der Waals surface area contributed by atoms with Gasteiger partial charge in [-0.2, -0.15) is 0 Å². The van der Waals surface area contributed by atoms with Crippen LogP contribution in [0.5, 0.6) is 0 Å². The Labute approximate surface area is 129 Å². The molecular weight excluding hydrogens is 316 g/mol. The predicted molar refractivity (Wildman–Crippen MR) is 79.0 cm³/mol. The molecule has 0 radical (unpaired) electrons. The Morgan fingerprint density at radius 1 is 0.955 bits per heavy atom. The highest BCUT2D eigenvalue weighted by Gasteiger charge is 2.15. The Balaban J connectivity index is 2.15. The van der Waals surface area contributed by atoms with Gasteiger partial charge in [0.2, 0.25) is 0 Å². The largest absolute Gasteiger partial charge is 0.351 e. The summed E-state index contributed by atoms with van der Waals surface area (Å²) in [5.41, 5.74) is 5.58. The van der Waals surface area contributed by atoms with E-state index < -0.39 is 23.6 Å². The lowest BCUT2D eigenvalue weighted by atomic mass is 10.2. The van der Waals surface area contributed by atoms with Crippen LogP contribution in [0.1, 0.15) is 10.4 Å². The van der Waals surface area contributed by atoms with E-state index in [1.165, 1.54) is 24.3 Å². The third kappa shape index (κ3) is 3.70. The normalized spacial score (nSPS) is 10.1.